The van der Waals surface area contributed by atoms with Gasteiger partial charge < -0.3 is 28.4 Å². The van der Waals surface area contributed by atoms with E-state index in [0.717, 1.165) is 0 Å². The Morgan fingerprint density at radius 1 is 0.395 bits per heavy atom. The fourth-order valence-corrected chi connectivity index (χ4v) is 4.13. The van der Waals surface area contributed by atoms with Crippen LogP contribution < -0.4 is 0 Å². The minimum atomic E-state index is -1.42. The van der Waals surface area contributed by atoms with Crippen molar-refractivity contribution in [1.29, 1.82) is 0 Å². The van der Waals surface area contributed by atoms with Crippen molar-refractivity contribution in [3.63, 3.8) is 0 Å². The van der Waals surface area contributed by atoms with Crippen LogP contribution in [0.1, 0.15) is 98.8 Å². The molecule has 0 spiro atoms. The van der Waals surface area contributed by atoms with Crippen molar-refractivity contribution >= 4 is 29.8 Å². The molecule has 0 aliphatic heterocycles. The lowest BCUT2D eigenvalue weighted by atomic mass is 9.83. The number of esters is 5. The van der Waals surface area contributed by atoms with E-state index in [1.807, 2.05) is 0 Å². The summed E-state index contributed by atoms with van der Waals surface area (Å²) in [6.07, 6.45) is -5.28. The molecule has 2 unspecified atom stereocenters. The summed E-state index contributed by atoms with van der Waals surface area (Å²) in [4.78, 5) is 63.2. The van der Waals surface area contributed by atoms with Gasteiger partial charge in [0.1, 0.15) is 6.10 Å². The lowest BCUT2D eigenvalue weighted by molar-refractivity contribution is -0.261. The average Bonchev–Trinajstić information content (AvgIpc) is 2.84. The van der Waals surface area contributed by atoms with Crippen LogP contribution >= 0.6 is 0 Å². The zero-order chi connectivity index (χ0) is 28.7. The van der Waals surface area contributed by atoms with E-state index in [4.69, 9.17) is 28.4 Å². The third-order valence-electron chi connectivity index (χ3n) is 5.82. The molecule has 0 aromatic rings. The Morgan fingerprint density at radius 2 is 0.579 bits per heavy atom. The average molecular weight is 545 g/mol. The lowest BCUT2D eigenvalue weighted by Gasteiger charge is -2.47. The molecular formula is C27H44O11. The van der Waals surface area contributed by atoms with Crippen molar-refractivity contribution in [3.8, 4) is 0 Å². The van der Waals surface area contributed by atoms with E-state index in [1.165, 1.54) is 7.11 Å². The van der Waals surface area contributed by atoms with Gasteiger partial charge in [0.2, 0.25) is 0 Å². The molecular weight excluding hydrogens is 500 g/mol. The van der Waals surface area contributed by atoms with Gasteiger partial charge in [-0.1, -0.05) is 34.6 Å². The molecule has 1 saturated carbocycles. The first kappa shape index (κ1) is 33.3. The highest BCUT2D eigenvalue weighted by atomic mass is 16.7. The highest BCUT2D eigenvalue weighted by molar-refractivity contribution is 5.73. The molecule has 0 aromatic carbocycles. The van der Waals surface area contributed by atoms with Gasteiger partial charge >= 0.3 is 29.8 Å². The summed E-state index contributed by atoms with van der Waals surface area (Å²) in [6.45, 7) is 8.95. The third kappa shape index (κ3) is 10.2. The van der Waals surface area contributed by atoms with Gasteiger partial charge in [0, 0.05) is 39.2 Å². The molecule has 0 radical (unpaired) electrons. The quantitative estimate of drug-likeness (QED) is 0.208. The van der Waals surface area contributed by atoms with Crippen molar-refractivity contribution in [2.75, 3.05) is 7.11 Å². The normalized spacial score (nSPS) is 24.7. The van der Waals surface area contributed by atoms with Crippen molar-refractivity contribution < 1.29 is 52.4 Å². The number of carbonyl (C=O) groups excluding carboxylic acids is 5. The smallest absolute Gasteiger partial charge is 0.306 e. The molecule has 11 heteroatoms. The molecule has 218 valence electrons. The van der Waals surface area contributed by atoms with Gasteiger partial charge in [-0.2, -0.15) is 0 Å². The van der Waals surface area contributed by atoms with Gasteiger partial charge in [-0.05, 0) is 32.1 Å². The highest BCUT2D eigenvalue weighted by Crippen LogP contribution is 2.35. The number of ether oxygens (including phenoxy) is 6. The molecule has 1 fully saturated rings. The summed E-state index contributed by atoms with van der Waals surface area (Å²) in [5.74, 6) is -3.09. The number of rotatable bonds is 16. The molecule has 1 aliphatic rings. The summed E-state index contributed by atoms with van der Waals surface area (Å²) in [6, 6.07) is 0. The van der Waals surface area contributed by atoms with Gasteiger partial charge in [0.25, 0.3) is 0 Å². The lowest BCUT2D eigenvalue weighted by Crippen LogP contribution is -2.68. The topological polar surface area (TPSA) is 141 Å². The van der Waals surface area contributed by atoms with E-state index in [1.54, 1.807) is 34.6 Å². The standard InChI is InChI=1S/C27H44O11/c1-7-12-17(28)34-23-22(33-6)24(35-18(29)13-8-2)26(37-20(31)15-10-4)27(38-21(32)16-11-5)25(23)36-19(30)14-9-3/h22-27H,7-16H2,1-6H3/t22?,23-,24+,25-,26-,27?/m1/s1. The Hall–Kier alpha value is -2.69. The zero-order valence-electron chi connectivity index (χ0n) is 23.5. The Bertz CT molecular complexity index is 729. The molecule has 0 saturated heterocycles. The predicted molar refractivity (Wildman–Crippen MR) is 135 cm³/mol. The monoisotopic (exact) mass is 544 g/mol. The first-order chi connectivity index (χ1) is 18.2. The highest BCUT2D eigenvalue weighted by Gasteiger charge is 2.60. The van der Waals surface area contributed by atoms with Crippen LogP contribution in [0.3, 0.4) is 0 Å². The predicted octanol–water partition coefficient (Wildman–Crippen LogP) is 3.57. The van der Waals surface area contributed by atoms with Crippen LogP contribution in [0.5, 0.6) is 0 Å². The fourth-order valence-electron chi connectivity index (χ4n) is 4.13. The Labute approximate surface area is 225 Å². The van der Waals surface area contributed by atoms with Crippen LogP contribution in [-0.2, 0) is 52.4 Å². The minimum absolute atomic E-state index is 0.0377. The van der Waals surface area contributed by atoms with Gasteiger partial charge in [-0.25, -0.2) is 0 Å². The molecule has 0 N–H and O–H groups in total. The molecule has 0 aromatic heterocycles. The maximum Gasteiger partial charge on any atom is 0.306 e. The maximum atomic E-state index is 12.7. The Morgan fingerprint density at radius 3 is 0.737 bits per heavy atom. The van der Waals surface area contributed by atoms with Gasteiger partial charge in [-0.3, -0.25) is 24.0 Å². The van der Waals surface area contributed by atoms with Crippen LogP contribution in [-0.4, -0.2) is 73.6 Å². The first-order valence-corrected chi connectivity index (χ1v) is 13.7. The van der Waals surface area contributed by atoms with Crippen molar-refractivity contribution in [2.45, 2.75) is 135 Å². The minimum Gasteiger partial charge on any atom is -0.455 e. The van der Waals surface area contributed by atoms with Crippen LogP contribution in [0.25, 0.3) is 0 Å². The van der Waals surface area contributed by atoms with E-state index in [0.29, 0.717) is 32.1 Å². The number of carbonyl (C=O) groups is 5. The van der Waals surface area contributed by atoms with Crippen molar-refractivity contribution in [2.24, 2.45) is 0 Å². The largest absolute Gasteiger partial charge is 0.455 e. The van der Waals surface area contributed by atoms with E-state index in [2.05, 4.69) is 0 Å². The summed E-state index contributed by atoms with van der Waals surface area (Å²) in [5, 5.41) is 0. The zero-order valence-corrected chi connectivity index (χ0v) is 23.5. The van der Waals surface area contributed by atoms with Crippen molar-refractivity contribution in [3.05, 3.63) is 0 Å². The molecule has 0 amide bonds. The Kier molecular flexibility index (Phi) is 15.6. The van der Waals surface area contributed by atoms with Gasteiger partial charge in [0.15, 0.2) is 30.5 Å². The van der Waals surface area contributed by atoms with Gasteiger partial charge in [-0.15, -0.1) is 0 Å². The maximum absolute atomic E-state index is 12.7. The molecule has 0 bridgehead atoms. The summed E-state index contributed by atoms with van der Waals surface area (Å²) >= 11 is 0. The van der Waals surface area contributed by atoms with E-state index in [-0.39, 0.29) is 32.1 Å². The molecule has 0 heterocycles. The SMILES string of the molecule is CCCC(=O)OC1[C@H](OC(=O)CCC)[C@H](OC(=O)CCC)C(OC)[C@H](OC(=O)CCC)[C@H]1OC(=O)CCC. The molecule has 1 aliphatic carbocycles. The van der Waals surface area contributed by atoms with Gasteiger partial charge in [0.05, 0.1) is 0 Å². The summed E-state index contributed by atoms with van der Waals surface area (Å²) in [7, 11) is 1.31. The number of hydrogen-bond acceptors (Lipinski definition) is 11. The van der Waals surface area contributed by atoms with Crippen molar-refractivity contribution in [1.82, 2.24) is 0 Å². The third-order valence-corrected chi connectivity index (χ3v) is 5.82. The summed E-state index contributed by atoms with van der Waals surface area (Å²) < 4.78 is 34.2. The number of methoxy groups -OCH3 is 1. The van der Waals surface area contributed by atoms with Crippen LogP contribution in [0, 0.1) is 0 Å². The fraction of sp³-hybridized carbons (Fsp3) is 0.815. The Balaban J connectivity index is 3.70. The van der Waals surface area contributed by atoms with E-state index in [9.17, 15) is 24.0 Å². The molecule has 6 atom stereocenters. The second-order valence-electron chi connectivity index (χ2n) is 9.22. The second-order valence-corrected chi connectivity index (χ2v) is 9.22. The van der Waals surface area contributed by atoms with Crippen LogP contribution in [0.2, 0.25) is 0 Å². The molecule has 11 nitrogen and oxygen atoms in total. The molecule has 38 heavy (non-hydrogen) atoms. The van der Waals surface area contributed by atoms with E-state index >= 15 is 0 Å². The molecule has 1 rings (SSSR count). The number of hydrogen-bond donors (Lipinski definition) is 0. The second kappa shape index (κ2) is 17.8. The van der Waals surface area contributed by atoms with Crippen LogP contribution in [0.4, 0.5) is 0 Å². The van der Waals surface area contributed by atoms with E-state index < -0.39 is 66.5 Å². The summed E-state index contributed by atoms with van der Waals surface area (Å²) in [5.41, 5.74) is 0. The van der Waals surface area contributed by atoms with Crippen LogP contribution in [0.15, 0.2) is 0 Å². The first-order valence-electron chi connectivity index (χ1n) is 13.7.